The Labute approximate surface area is 174 Å². The third-order valence-electron chi connectivity index (χ3n) is 5.11. The molecule has 4 N–H and O–H groups in total. The van der Waals surface area contributed by atoms with Crippen molar-refractivity contribution >= 4 is 17.2 Å². The first-order valence-corrected chi connectivity index (χ1v) is 10.2. The normalized spacial score (nSPS) is 12.2. The lowest BCUT2D eigenvalue weighted by Gasteiger charge is -2.09. The van der Waals surface area contributed by atoms with E-state index >= 15 is 0 Å². The van der Waals surface area contributed by atoms with Crippen LogP contribution < -0.4 is 19.6 Å². The van der Waals surface area contributed by atoms with Gasteiger partial charge in [-0.05, 0) is 22.7 Å². The van der Waals surface area contributed by atoms with Crippen LogP contribution in [0.4, 0.5) is 5.82 Å². The van der Waals surface area contributed by atoms with Gasteiger partial charge < -0.3 is 20.7 Å². The minimum Gasteiger partial charge on any atom is -0.497 e. The van der Waals surface area contributed by atoms with Crippen molar-refractivity contribution in [1.29, 1.82) is 0 Å². The van der Waals surface area contributed by atoms with Gasteiger partial charge in [-0.2, -0.15) is 4.57 Å². The van der Waals surface area contributed by atoms with Crippen LogP contribution in [-0.2, 0) is 20.0 Å². The van der Waals surface area contributed by atoms with Gasteiger partial charge in [0.15, 0.2) is 18.3 Å². The first-order valence-electron chi connectivity index (χ1n) is 9.42. The van der Waals surface area contributed by atoms with Crippen molar-refractivity contribution in [2.75, 3.05) is 19.5 Å². The van der Waals surface area contributed by atoms with E-state index in [9.17, 15) is 10.2 Å². The Morgan fingerprint density at radius 1 is 1.24 bits per heavy atom. The smallest absolute Gasteiger partial charge is 0.297 e. The molecule has 3 aromatic rings. The Balaban J connectivity index is 2.04. The number of thiazole rings is 1. The summed E-state index contributed by atoms with van der Waals surface area (Å²) in [6.45, 7) is 4.46. The van der Waals surface area contributed by atoms with Gasteiger partial charge in [-0.25, -0.2) is 4.57 Å². The van der Waals surface area contributed by atoms with E-state index in [1.807, 2.05) is 55.9 Å². The fourth-order valence-corrected chi connectivity index (χ4v) is 4.51. The zero-order chi connectivity index (χ0) is 21.1. The molecule has 0 bridgehead atoms. The van der Waals surface area contributed by atoms with Gasteiger partial charge in [0.1, 0.15) is 17.5 Å². The first-order chi connectivity index (χ1) is 13.8. The van der Waals surface area contributed by atoms with Crippen LogP contribution in [0, 0.1) is 13.8 Å². The summed E-state index contributed by atoms with van der Waals surface area (Å²) < 4.78 is 9.21. The molecular formula is C21H28N4O3S+2. The number of anilines is 1. The van der Waals surface area contributed by atoms with Gasteiger partial charge in [0, 0.05) is 26.9 Å². The van der Waals surface area contributed by atoms with Crippen LogP contribution in [0.5, 0.6) is 5.75 Å². The molecule has 8 heteroatoms. The molecule has 1 aromatic carbocycles. The fraction of sp³-hybridized carbons (Fsp3) is 0.381. The lowest BCUT2D eigenvalue weighted by molar-refractivity contribution is -0.705. The zero-order valence-electron chi connectivity index (χ0n) is 17.2. The van der Waals surface area contributed by atoms with Gasteiger partial charge in [0.2, 0.25) is 0 Å². The molecule has 7 nitrogen and oxygen atoms in total. The van der Waals surface area contributed by atoms with Crippen LogP contribution in [0.25, 0.3) is 0 Å². The Morgan fingerprint density at radius 2 is 1.93 bits per heavy atom. The molecule has 0 radical (unpaired) electrons. The third-order valence-corrected chi connectivity index (χ3v) is 6.50. The van der Waals surface area contributed by atoms with Crippen molar-refractivity contribution < 1.29 is 24.1 Å². The molecule has 1 atom stereocenters. The summed E-state index contributed by atoms with van der Waals surface area (Å²) in [7, 11) is 3.55. The number of aliphatic hydroxyl groups excluding tert-OH is 2. The average Bonchev–Trinajstić information content (AvgIpc) is 3.01. The summed E-state index contributed by atoms with van der Waals surface area (Å²) in [4.78, 5) is 5.45. The summed E-state index contributed by atoms with van der Waals surface area (Å²) in [5, 5.41) is 21.4. The quantitative estimate of drug-likeness (QED) is 0.502. The number of nitrogen functional groups attached to an aromatic ring is 1. The number of aliphatic hydroxyl groups is 2. The molecule has 2 aromatic heterocycles. The summed E-state index contributed by atoms with van der Waals surface area (Å²) in [6.07, 6.45) is 1.71. The molecule has 2 heterocycles. The summed E-state index contributed by atoms with van der Waals surface area (Å²) in [6, 6.07) is 7.38. The predicted octanol–water partition coefficient (Wildman–Crippen LogP) is 1.13. The second-order valence-corrected chi connectivity index (χ2v) is 8.11. The van der Waals surface area contributed by atoms with E-state index in [4.69, 9.17) is 10.5 Å². The molecule has 1 unspecified atom stereocenters. The second kappa shape index (κ2) is 8.86. The molecule has 0 saturated carbocycles. The number of aryl methyl sites for hydroxylation is 2. The number of ether oxygens (including phenoxy) is 1. The average molecular weight is 417 g/mol. The third kappa shape index (κ3) is 4.39. The van der Waals surface area contributed by atoms with Gasteiger partial charge in [0.05, 0.1) is 19.0 Å². The SMILES string of the molecule is COc1ccc(C(O)c2sc(CCO)c(C)[n+]2Cc2c[n+](C)c(C)nc2N)cc1. The fourth-order valence-electron chi connectivity index (χ4n) is 3.24. The lowest BCUT2D eigenvalue weighted by Crippen LogP contribution is -2.43. The molecule has 0 amide bonds. The molecule has 0 spiro atoms. The highest BCUT2D eigenvalue weighted by atomic mass is 32.1. The van der Waals surface area contributed by atoms with E-state index in [0.717, 1.165) is 38.3 Å². The van der Waals surface area contributed by atoms with Crippen molar-refractivity contribution in [3.05, 3.63) is 63.0 Å². The van der Waals surface area contributed by atoms with E-state index in [0.29, 0.717) is 18.8 Å². The van der Waals surface area contributed by atoms with Crippen LogP contribution in [0.3, 0.4) is 0 Å². The molecular weight excluding hydrogens is 388 g/mol. The minimum absolute atomic E-state index is 0.0581. The molecule has 0 aliphatic rings. The standard InChI is InChI=1S/C21H27N4O3S/c1-13-18(9-10-26)29-21(19(27)15-5-7-17(28-4)8-6-15)25(13)12-16-11-24(3)14(2)23-20(16)22/h5-8,11,19,22,26-27H,9-10,12H2,1-4H3/q+1/p+1. The van der Waals surface area contributed by atoms with Crippen LogP contribution in [0.2, 0.25) is 0 Å². The number of aromatic nitrogens is 3. The molecule has 0 aliphatic heterocycles. The number of hydrogen-bond donors (Lipinski definition) is 3. The predicted molar refractivity (Wildman–Crippen MR) is 111 cm³/mol. The van der Waals surface area contributed by atoms with Crippen molar-refractivity contribution in [3.8, 4) is 5.75 Å². The van der Waals surface area contributed by atoms with Gasteiger partial charge in [-0.15, -0.1) is 0 Å². The second-order valence-electron chi connectivity index (χ2n) is 6.99. The monoisotopic (exact) mass is 416 g/mol. The Bertz CT molecular complexity index is 1000. The van der Waals surface area contributed by atoms with Gasteiger partial charge in [0.25, 0.3) is 16.6 Å². The van der Waals surface area contributed by atoms with Crippen LogP contribution in [0.15, 0.2) is 30.5 Å². The topological polar surface area (TPSA) is 96.4 Å². The largest absolute Gasteiger partial charge is 0.497 e. The van der Waals surface area contributed by atoms with E-state index < -0.39 is 6.10 Å². The number of methoxy groups -OCH3 is 1. The Hall–Kier alpha value is -2.55. The van der Waals surface area contributed by atoms with Crippen LogP contribution in [0.1, 0.15) is 38.6 Å². The highest BCUT2D eigenvalue weighted by Crippen LogP contribution is 2.29. The number of nitrogens with zero attached hydrogens (tertiary/aromatic N) is 3. The van der Waals surface area contributed by atoms with Gasteiger partial charge in [-0.1, -0.05) is 23.5 Å². The maximum Gasteiger partial charge on any atom is 0.297 e. The Morgan fingerprint density at radius 3 is 2.55 bits per heavy atom. The van der Waals surface area contributed by atoms with E-state index in [2.05, 4.69) is 9.55 Å². The van der Waals surface area contributed by atoms with Crippen molar-refractivity contribution in [2.45, 2.75) is 32.9 Å². The maximum absolute atomic E-state index is 11.1. The molecule has 3 rings (SSSR count). The van der Waals surface area contributed by atoms with Crippen molar-refractivity contribution in [2.24, 2.45) is 7.05 Å². The number of nitrogens with two attached hydrogens (primary N) is 1. The first kappa shape index (κ1) is 21.2. The number of hydrogen-bond acceptors (Lipinski definition) is 6. The summed E-state index contributed by atoms with van der Waals surface area (Å²) >= 11 is 1.51. The lowest BCUT2D eigenvalue weighted by atomic mass is 10.1. The van der Waals surface area contributed by atoms with Crippen molar-refractivity contribution in [1.82, 2.24) is 4.98 Å². The van der Waals surface area contributed by atoms with E-state index in [1.165, 1.54) is 11.3 Å². The summed E-state index contributed by atoms with van der Waals surface area (Å²) in [5.74, 6) is 2.05. The maximum atomic E-state index is 11.1. The van der Waals surface area contributed by atoms with E-state index in [-0.39, 0.29) is 6.61 Å². The molecule has 0 aliphatic carbocycles. The number of rotatable bonds is 7. The van der Waals surface area contributed by atoms with Crippen molar-refractivity contribution in [3.63, 3.8) is 0 Å². The molecule has 0 fully saturated rings. The van der Waals surface area contributed by atoms with Gasteiger partial charge >= 0.3 is 0 Å². The Kier molecular flexibility index (Phi) is 6.46. The molecule has 29 heavy (non-hydrogen) atoms. The van der Waals surface area contributed by atoms with Crippen LogP contribution in [-0.4, -0.2) is 28.9 Å². The van der Waals surface area contributed by atoms with Crippen LogP contribution >= 0.6 is 11.3 Å². The van der Waals surface area contributed by atoms with Gasteiger partial charge in [-0.3, -0.25) is 0 Å². The van der Waals surface area contributed by atoms with E-state index in [1.54, 1.807) is 7.11 Å². The summed E-state index contributed by atoms with van der Waals surface area (Å²) in [5.41, 5.74) is 8.83. The highest BCUT2D eigenvalue weighted by molar-refractivity contribution is 7.11. The number of benzene rings is 1. The molecule has 154 valence electrons. The minimum atomic E-state index is -0.801. The zero-order valence-corrected chi connectivity index (χ0v) is 18.0. The highest BCUT2D eigenvalue weighted by Gasteiger charge is 2.31. The molecule has 0 saturated heterocycles.